The first-order chi connectivity index (χ1) is 6.07. The summed E-state index contributed by atoms with van der Waals surface area (Å²) in [5, 5.41) is 8.59. The minimum Gasteiger partial charge on any atom is -0.383 e. The molecule has 0 spiro atoms. The van der Waals surface area contributed by atoms with Crippen molar-refractivity contribution in [2.24, 2.45) is 0 Å². The fraction of sp³-hybridized carbons (Fsp3) is 0.143. The molecule has 0 aromatic carbocycles. The molecular formula is C7H4F2IN3. The zero-order chi connectivity index (χ0) is 10.0. The van der Waals surface area contributed by atoms with Crippen molar-refractivity contribution < 1.29 is 8.78 Å². The van der Waals surface area contributed by atoms with Crippen LogP contribution in [0.2, 0.25) is 0 Å². The number of alkyl halides is 2. The number of nitriles is 1. The molecule has 0 aliphatic rings. The highest BCUT2D eigenvalue weighted by Gasteiger charge is 2.17. The maximum absolute atomic E-state index is 12.3. The maximum atomic E-state index is 12.3. The molecule has 0 aliphatic heterocycles. The summed E-state index contributed by atoms with van der Waals surface area (Å²) in [6.07, 6.45) is -1.64. The van der Waals surface area contributed by atoms with E-state index in [-0.39, 0.29) is 20.5 Å². The molecule has 3 nitrogen and oxygen atoms in total. The summed E-state index contributed by atoms with van der Waals surface area (Å²) in [5.74, 6) is -0.0173. The Morgan fingerprint density at radius 1 is 1.62 bits per heavy atom. The van der Waals surface area contributed by atoms with Crippen molar-refractivity contribution in [3.05, 3.63) is 20.9 Å². The highest BCUT2D eigenvalue weighted by Crippen LogP contribution is 2.27. The van der Waals surface area contributed by atoms with Crippen LogP contribution >= 0.6 is 22.6 Å². The molecule has 0 aliphatic carbocycles. The molecule has 6 heteroatoms. The van der Waals surface area contributed by atoms with E-state index in [1.807, 2.05) is 0 Å². The third kappa shape index (κ3) is 1.85. The van der Waals surface area contributed by atoms with Crippen LogP contribution in [-0.2, 0) is 0 Å². The largest absolute Gasteiger partial charge is 0.383 e. The van der Waals surface area contributed by atoms with Crippen LogP contribution in [0, 0.1) is 14.9 Å². The van der Waals surface area contributed by atoms with Gasteiger partial charge >= 0.3 is 0 Å². The van der Waals surface area contributed by atoms with Gasteiger partial charge in [-0.1, -0.05) is 0 Å². The summed E-state index contributed by atoms with van der Waals surface area (Å²) in [5.41, 5.74) is 5.07. The Morgan fingerprint density at radius 3 is 2.69 bits per heavy atom. The standard InChI is InChI=1S/C7H4F2IN3/c8-6(9)4-2-13-7(12)3(1-11)5(4)10/h2,6H,(H2,12,13). The molecule has 1 rings (SSSR count). The molecule has 0 saturated carbocycles. The Kier molecular flexibility index (Phi) is 2.98. The second kappa shape index (κ2) is 3.83. The molecule has 0 radical (unpaired) electrons. The number of hydrogen-bond donors (Lipinski definition) is 1. The van der Waals surface area contributed by atoms with E-state index in [1.54, 1.807) is 28.7 Å². The lowest BCUT2D eigenvalue weighted by Gasteiger charge is -2.05. The molecule has 0 bridgehead atoms. The first-order valence-electron chi connectivity index (χ1n) is 3.20. The highest BCUT2D eigenvalue weighted by atomic mass is 127. The third-order valence-electron chi connectivity index (χ3n) is 1.42. The topological polar surface area (TPSA) is 62.7 Å². The predicted molar refractivity (Wildman–Crippen MR) is 51.0 cm³/mol. The first-order valence-corrected chi connectivity index (χ1v) is 4.28. The summed E-state index contributed by atoms with van der Waals surface area (Å²) in [6, 6.07) is 1.73. The number of nitrogen functional groups attached to an aromatic ring is 1. The van der Waals surface area contributed by atoms with E-state index in [0.29, 0.717) is 0 Å². The monoisotopic (exact) mass is 295 g/mol. The Bertz CT molecular complexity index is 373. The van der Waals surface area contributed by atoms with Crippen molar-refractivity contribution in [3.63, 3.8) is 0 Å². The van der Waals surface area contributed by atoms with Crippen LogP contribution < -0.4 is 5.73 Å². The van der Waals surface area contributed by atoms with Crippen molar-refractivity contribution in [2.75, 3.05) is 5.73 Å². The molecule has 1 heterocycles. The molecule has 0 atom stereocenters. The number of hydrogen-bond acceptors (Lipinski definition) is 3. The van der Waals surface area contributed by atoms with Gasteiger partial charge in [0.05, 0.1) is 5.56 Å². The van der Waals surface area contributed by atoms with Gasteiger partial charge in [-0.15, -0.1) is 0 Å². The molecule has 0 saturated heterocycles. The number of pyridine rings is 1. The molecule has 2 N–H and O–H groups in total. The maximum Gasteiger partial charge on any atom is 0.266 e. The Balaban J connectivity index is 3.38. The molecule has 1 aromatic heterocycles. The van der Waals surface area contributed by atoms with E-state index < -0.39 is 6.43 Å². The highest BCUT2D eigenvalue weighted by molar-refractivity contribution is 14.1. The number of halogens is 3. The second-order valence-electron chi connectivity index (χ2n) is 2.20. The van der Waals surface area contributed by atoms with Crippen LogP contribution in [-0.4, -0.2) is 4.98 Å². The Morgan fingerprint density at radius 2 is 2.23 bits per heavy atom. The fourth-order valence-electron chi connectivity index (χ4n) is 0.776. The van der Waals surface area contributed by atoms with Crippen LogP contribution in [0.3, 0.4) is 0 Å². The van der Waals surface area contributed by atoms with Crippen LogP contribution in [0.4, 0.5) is 14.6 Å². The third-order valence-corrected chi connectivity index (χ3v) is 2.58. The molecule has 68 valence electrons. The Hall–Kier alpha value is -0.970. The van der Waals surface area contributed by atoms with Crippen LogP contribution in [0.1, 0.15) is 17.6 Å². The fourth-order valence-corrected chi connectivity index (χ4v) is 1.55. The number of anilines is 1. The van der Waals surface area contributed by atoms with Crippen molar-refractivity contribution in [1.29, 1.82) is 5.26 Å². The normalized spacial score (nSPS) is 10.1. The van der Waals surface area contributed by atoms with Gasteiger partial charge in [-0.25, -0.2) is 13.8 Å². The van der Waals surface area contributed by atoms with Crippen molar-refractivity contribution in [2.45, 2.75) is 6.43 Å². The lowest BCUT2D eigenvalue weighted by molar-refractivity contribution is 0.150. The zero-order valence-corrected chi connectivity index (χ0v) is 8.42. The summed E-state index contributed by atoms with van der Waals surface area (Å²) in [4.78, 5) is 3.50. The molecule has 0 amide bonds. The van der Waals surface area contributed by atoms with E-state index in [4.69, 9.17) is 11.0 Å². The predicted octanol–water partition coefficient (Wildman–Crippen LogP) is 2.08. The van der Waals surface area contributed by atoms with Gasteiger partial charge in [0, 0.05) is 9.77 Å². The van der Waals surface area contributed by atoms with Crippen molar-refractivity contribution >= 4 is 28.4 Å². The number of nitrogens with zero attached hydrogens (tertiary/aromatic N) is 2. The van der Waals surface area contributed by atoms with Gasteiger partial charge in [0.1, 0.15) is 17.5 Å². The lowest BCUT2D eigenvalue weighted by Crippen LogP contribution is -2.01. The number of nitrogens with two attached hydrogens (primary N) is 1. The summed E-state index contributed by atoms with van der Waals surface area (Å²) in [7, 11) is 0. The summed E-state index contributed by atoms with van der Waals surface area (Å²) < 4.78 is 24.7. The van der Waals surface area contributed by atoms with Crippen LogP contribution in [0.25, 0.3) is 0 Å². The van der Waals surface area contributed by atoms with E-state index >= 15 is 0 Å². The van der Waals surface area contributed by atoms with Crippen molar-refractivity contribution in [3.8, 4) is 6.07 Å². The van der Waals surface area contributed by atoms with Gasteiger partial charge in [0.15, 0.2) is 0 Å². The summed E-state index contributed by atoms with van der Waals surface area (Å²) in [6.45, 7) is 0. The first kappa shape index (κ1) is 10.1. The Labute approximate surface area is 86.7 Å². The van der Waals surface area contributed by atoms with Gasteiger partial charge in [-0.3, -0.25) is 0 Å². The van der Waals surface area contributed by atoms with Gasteiger partial charge in [-0.05, 0) is 22.6 Å². The molecule has 13 heavy (non-hydrogen) atoms. The van der Waals surface area contributed by atoms with E-state index in [2.05, 4.69) is 4.98 Å². The minimum atomic E-state index is -2.63. The summed E-state index contributed by atoms with van der Waals surface area (Å²) >= 11 is 1.66. The second-order valence-corrected chi connectivity index (χ2v) is 3.28. The van der Waals surface area contributed by atoms with Crippen LogP contribution in [0.15, 0.2) is 6.20 Å². The number of rotatable bonds is 1. The van der Waals surface area contributed by atoms with Gasteiger partial charge < -0.3 is 5.73 Å². The van der Waals surface area contributed by atoms with E-state index in [0.717, 1.165) is 6.20 Å². The van der Waals surface area contributed by atoms with Crippen molar-refractivity contribution in [1.82, 2.24) is 4.98 Å². The van der Waals surface area contributed by atoms with Gasteiger partial charge in [0.2, 0.25) is 0 Å². The van der Waals surface area contributed by atoms with Crippen LogP contribution in [0.5, 0.6) is 0 Å². The SMILES string of the molecule is N#Cc1c(N)ncc(C(F)F)c1I. The molecule has 0 unspecified atom stereocenters. The lowest BCUT2D eigenvalue weighted by atomic mass is 10.2. The molecule has 0 fully saturated rings. The van der Waals surface area contributed by atoms with Gasteiger partial charge in [0.25, 0.3) is 6.43 Å². The number of aromatic nitrogens is 1. The minimum absolute atomic E-state index is 0.0124. The van der Waals surface area contributed by atoms with Gasteiger partial charge in [-0.2, -0.15) is 5.26 Å². The average Bonchev–Trinajstić information content (AvgIpc) is 2.04. The quantitative estimate of drug-likeness (QED) is 0.807. The molecular weight excluding hydrogens is 291 g/mol. The molecule has 1 aromatic rings. The van der Waals surface area contributed by atoms with E-state index in [9.17, 15) is 8.78 Å². The van der Waals surface area contributed by atoms with E-state index in [1.165, 1.54) is 0 Å². The average molecular weight is 295 g/mol. The zero-order valence-electron chi connectivity index (χ0n) is 6.26. The smallest absolute Gasteiger partial charge is 0.266 e.